The molecule has 0 fully saturated rings. The Labute approximate surface area is 246 Å². The lowest BCUT2D eigenvalue weighted by molar-refractivity contribution is 0.101. The summed E-state index contributed by atoms with van der Waals surface area (Å²) in [6.07, 6.45) is 2.37. The van der Waals surface area contributed by atoms with E-state index in [0.717, 1.165) is 12.0 Å². The van der Waals surface area contributed by atoms with E-state index in [4.69, 9.17) is 28.3 Å². The molecular weight excluding hydrogens is 567 g/mol. The summed E-state index contributed by atoms with van der Waals surface area (Å²) in [7, 11) is 0. The van der Waals surface area contributed by atoms with Crippen molar-refractivity contribution in [1.82, 2.24) is 20.1 Å². The molecule has 1 unspecified atom stereocenters. The molecule has 212 valence electrons. The number of carbonyl (C=O) groups excluding carboxylic acids is 2. The summed E-state index contributed by atoms with van der Waals surface area (Å²) in [5.74, 6) is -0.883. The van der Waals surface area contributed by atoms with Crippen LogP contribution < -0.4 is 16.0 Å². The van der Waals surface area contributed by atoms with Gasteiger partial charge in [0, 0.05) is 37.0 Å². The Morgan fingerprint density at radius 2 is 1.61 bits per heavy atom. The zero-order valence-electron chi connectivity index (χ0n) is 21.9. The fraction of sp³-hybridized carbons (Fsp3) is 0.241. The van der Waals surface area contributed by atoms with Gasteiger partial charge < -0.3 is 26.2 Å². The molecule has 2 aromatic carbocycles. The number of aromatic nitrogens is 3. The summed E-state index contributed by atoms with van der Waals surface area (Å²) in [5, 5.41) is 32.6. The SMILES string of the molecule is O=C(Nc1cccc(-c2cccc(NC(=O)c3cc4n(n3)CCCC4O)c2Cl)c1Cl)c1ccc(CNCCO)cn1. The predicted octanol–water partition coefficient (Wildman–Crippen LogP) is 4.67. The van der Waals surface area contributed by atoms with Crippen LogP contribution in [0.3, 0.4) is 0 Å². The van der Waals surface area contributed by atoms with Gasteiger partial charge in [0.05, 0.1) is 39.8 Å². The van der Waals surface area contributed by atoms with Crippen molar-refractivity contribution < 1.29 is 19.8 Å². The number of aliphatic hydroxyl groups excluding tert-OH is 2. The lowest BCUT2D eigenvalue weighted by Crippen LogP contribution is -2.18. The van der Waals surface area contributed by atoms with Crippen LogP contribution in [0.2, 0.25) is 10.0 Å². The molecule has 10 nitrogen and oxygen atoms in total. The fourth-order valence-corrected chi connectivity index (χ4v) is 5.14. The molecule has 0 spiro atoms. The van der Waals surface area contributed by atoms with Crippen LogP contribution in [0.5, 0.6) is 0 Å². The molecule has 0 saturated carbocycles. The number of fused-ring (bicyclic) bond motifs is 1. The molecule has 0 bridgehead atoms. The largest absolute Gasteiger partial charge is 0.395 e. The van der Waals surface area contributed by atoms with Crippen molar-refractivity contribution in [1.29, 1.82) is 0 Å². The van der Waals surface area contributed by atoms with Crippen LogP contribution in [0.25, 0.3) is 11.1 Å². The minimum atomic E-state index is -0.644. The number of anilines is 2. The van der Waals surface area contributed by atoms with E-state index in [-0.39, 0.29) is 28.0 Å². The summed E-state index contributed by atoms with van der Waals surface area (Å²) in [6, 6.07) is 15.3. The Morgan fingerprint density at radius 3 is 2.20 bits per heavy atom. The number of aliphatic hydroxyl groups is 2. The second-order valence-electron chi connectivity index (χ2n) is 9.53. The van der Waals surface area contributed by atoms with Gasteiger partial charge in [-0.15, -0.1) is 0 Å². The normalized spacial score (nSPS) is 14.4. The van der Waals surface area contributed by atoms with Gasteiger partial charge in [-0.1, -0.05) is 53.5 Å². The van der Waals surface area contributed by atoms with Crippen LogP contribution in [0.1, 0.15) is 51.2 Å². The Hall–Kier alpha value is -3.80. The summed E-state index contributed by atoms with van der Waals surface area (Å²) in [6.45, 7) is 1.67. The summed E-state index contributed by atoms with van der Waals surface area (Å²) in [5.41, 5.74) is 3.75. The zero-order valence-corrected chi connectivity index (χ0v) is 23.4. The van der Waals surface area contributed by atoms with Gasteiger partial charge in [0.25, 0.3) is 11.8 Å². The molecule has 0 radical (unpaired) electrons. The topological polar surface area (TPSA) is 141 Å². The monoisotopic (exact) mass is 594 g/mol. The van der Waals surface area contributed by atoms with Crippen molar-refractivity contribution in [2.45, 2.75) is 32.0 Å². The van der Waals surface area contributed by atoms with Crippen molar-refractivity contribution in [2.24, 2.45) is 0 Å². The number of nitrogens with one attached hydrogen (secondary N) is 3. The van der Waals surface area contributed by atoms with Crippen molar-refractivity contribution in [2.75, 3.05) is 23.8 Å². The second-order valence-corrected chi connectivity index (χ2v) is 10.3. The van der Waals surface area contributed by atoms with E-state index in [0.29, 0.717) is 54.3 Å². The fourth-order valence-electron chi connectivity index (χ4n) is 4.59. The Morgan fingerprint density at radius 1 is 0.951 bits per heavy atom. The van der Waals surface area contributed by atoms with Crippen molar-refractivity contribution in [3.05, 3.63) is 93.5 Å². The van der Waals surface area contributed by atoms with Gasteiger partial charge in [-0.05, 0) is 42.7 Å². The highest BCUT2D eigenvalue weighted by Crippen LogP contribution is 2.40. The number of hydrogen-bond acceptors (Lipinski definition) is 7. The van der Waals surface area contributed by atoms with E-state index < -0.39 is 17.9 Å². The molecule has 4 aromatic rings. The van der Waals surface area contributed by atoms with E-state index in [1.54, 1.807) is 65.5 Å². The first-order valence-electron chi connectivity index (χ1n) is 13.1. The van der Waals surface area contributed by atoms with E-state index in [9.17, 15) is 14.7 Å². The van der Waals surface area contributed by atoms with Crippen molar-refractivity contribution >= 4 is 46.4 Å². The van der Waals surface area contributed by atoms with Gasteiger partial charge in [0.2, 0.25) is 0 Å². The average Bonchev–Trinajstić information content (AvgIpc) is 3.42. The Kier molecular flexibility index (Phi) is 8.96. The molecule has 5 rings (SSSR count). The van der Waals surface area contributed by atoms with Crippen LogP contribution >= 0.6 is 23.2 Å². The number of benzene rings is 2. The zero-order chi connectivity index (χ0) is 28.9. The molecule has 5 N–H and O–H groups in total. The third-order valence-electron chi connectivity index (χ3n) is 6.69. The minimum absolute atomic E-state index is 0.0383. The quantitative estimate of drug-likeness (QED) is 0.177. The molecule has 2 aromatic heterocycles. The maximum Gasteiger partial charge on any atom is 0.276 e. The molecular formula is C29H28Cl2N6O4. The highest BCUT2D eigenvalue weighted by molar-refractivity contribution is 6.40. The number of pyridine rings is 1. The number of rotatable bonds is 9. The first-order valence-corrected chi connectivity index (χ1v) is 13.8. The van der Waals surface area contributed by atoms with Crippen LogP contribution in [0.15, 0.2) is 60.8 Å². The first-order chi connectivity index (χ1) is 19.9. The molecule has 41 heavy (non-hydrogen) atoms. The molecule has 0 aliphatic carbocycles. The van der Waals surface area contributed by atoms with Crippen LogP contribution in [-0.4, -0.2) is 49.9 Å². The molecule has 3 heterocycles. The van der Waals surface area contributed by atoms with E-state index in [2.05, 4.69) is 26.0 Å². The van der Waals surface area contributed by atoms with Crippen LogP contribution in [0, 0.1) is 0 Å². The second kappa shape index (κ2) is 12.8. The summed E-state index contributed by atoms with van der Waals surface area (Å²) in [4.78, 5) is 30.1. The Bertz CT molecular complexity index is 1570. The van der Waals surface area contributed by atoms with E-state index >= 15 is 0 Å². The molecule has 1 aliphatic heterocycles. The predicted molar refractivity (Wildman–Crippen MR) is 157 cm³/mol. The number of amides is 2. The molecule has 1 aliphatic rings. The van der Waals surface area contributed by atoms with Crippen molar-refractivity contribution in [3.8, 4) is 11.1 Å². The van der Waals surface area contributed by atoms with E-state index in [1.807, 2.05) is 0 Å². The maximum absolute atomic E-state index is 13.0. The van der Waals surface area contributed by atoms with Crippen LogP contribution in [0.4, 0.5) is 11.4 Å². The summed E-state index contributed by atoms with van der Waals surface area (Å²) >= 11 is 13.5. The third kappa shape index (κ3) is 6.42. The molecule has 2 amide bonds. The molecule has 12 heteroatoms. The molecule has 1 atom stereocenters. The van der Waals surface area contributed by atoms with Crippen LogP contribution in [-0.2, 0) is 13.1 Å². The maximum atomic E-state index is 13.0. The number of halogens is 2. The highest BCUT2D eigenvalue weighted by Gasteiger charge is 2.24. The minimum Gasteiger partial charge on any atom is -0.395 e. The van der Waals surface area contributed by atoms with E-state index in [1.165, 1.54) is 0 Å². The van der Waals surface area contributed by atoms with Gasteiger partial charge >= 0.3 is 0 Å². The number of hydrogen-bond donors (Lipinski definition) is 5. The van der Waals surface area contributed by atoms with Gasteiger partial charge in [0.1, 0.15) is 5.69 Å². The van der Waals surface area contributed by atoms with Crippen molar-refractivity contribution in [3.63, 3.8) is 0 Å². The molecule has 0 saturated heterocycles. The van der Waals surface area contributed by atoms with Gasteiger partial charge in [-0.25, -0.2) is 0 Å². The number of aryl methyl sites for hydroxylation is 1. The smallest absolute Gasteiger partial charge is 0.276 e. The highest BCUT2D eigenvalue weighted by atomic mass is 35.5. The Balaban J connectivity index is 1.32. The third-order valence-corrected chi connectivity index (χ3v) is 7.51. The lowest BCUT2D eigenvalue weighted by Gasteiger charge is -2.18. The number of nitrogens with zero attached hydrogens (tertiary/aromatic N) is 3. The van der Waals surface area contributed by atoms with Gasteiger partial charge in [0.15, 0.2) is 5.69 Å². The summed E-state index contributed by atoms with van der Waals surface area (Å²) < 4.78 is 1.65. The average molecular weight is 595 g/mol. The standard InChI is InChI=1S/C29H28Cl2N6O4/c30-26-18(4-1-6-20(26)34-28(40)22-10-9-17(16-33-22)15-32-11-13-38)19-5-2-7-21(27(19)31)35-29(41)23-14-24-25(39)8-3-12-37(24)36-23/h1-2,4-7,9-10,14,16,25,32,38-39H,3,8,11-13,15H2,(H,34,40)(H,35,41). The first kappa shape index (κ1) is 28.7. The van der Waals surface area contributed by atoms with Gasteiger partial charge in [-0.2, -0.15) is 5.10 Å². The van der Waals surface area contributed by atoms with Gasteiger partial charge in [-0.3, -0.25) is 19.3 Å². The number of carbonyl (C=O) groups is 2. The lowest BCUT2D eigenvalue weighted by atomic mass is 10.0.